The standard InChI is InChI=1S/C19H16ClF3N4O4/c1-9-4-14(26-31-9)18(16(29)24-17(30)25-18)3-2-15(28)27-7-10-5-12(19(21,22)23)13(20)6-11(10)8-27/h4-6H,2-3,7-8H2,1H3,(H2,24,25,29,30). The van der Waals surface area contributed by atoms with E-state index in [1.807, 2.05) is 0 Å². The number of hydrogen-bond donors (Lipinski definition) is 2. The summed E-state index contributed by atoms with van der Waals surface area (Å²) in [6.07, 6.45) is -4.86. The van der Waals surface area contributed by atoms with Crippen LogP contribution in [-0.2, 0) is 34.4 Å². The second-order valence-corrected chi connectivity index (χ2v) is 7.89. The second-order valence-electron chi connectivity index (χ2n) is 7.48. The molecule has 2 aromatic rings. The number of aryl methyl sites for hydroxylation is 1. The molecule has 1 atom stereocenters. The van der Waals surface area contributed by atoms with Crippen molar-refractivity contribution in [2.24, 2.45) is 0 Å². The Kier molecular flexibility index (Phi) is 4.95. The van der Waals surface area contributed by atoms with Crippen molar-refractivity contribution in [1.82, 2.24) is 20.7 Å². The highest BCUT2D eigenvalue weighted by Crippen LogP contribution is 2.39. The second kappa shape index (κ2) is 7.26. The third-order valence-corrected chi connectivity index (χ3v) is 5.70. The molecule has 2 aliphatic rings. The van der Waals surface area contributed by atoms with Crippen molar-refractivity contribution in [3.8, 4) is 0 Å². The first-order valence-corrected chi connectivity index (χ1v) is 9.61. The fraction of sp³-hybridized carbons (Fsp3) is 0.368. The molecule has 3 heterocycles. The number of amides is 4. The van der Waals surface area contributed by atoms with E-state index in [1.54, 1.807) is 6.92 Å². The number of aromatic nitrogens is 1. The molecule has 31 heavy (non-hydrogen) atoms. The summed E-state index contributed by atoms with van der Waals surface area (Å²) >= 11 is 5.76. The van der Waals surface area contributed by atoms with Crippen LogP contribution in [0.4, 0.5) is 18.0 Å². The quantitative estimate of drug-likeness (QED) is 0.688. The molecule has 0 bridgehead atoms. The molecule has 4 amide bonds. The average Bonchev–Trinajstić information content (AvgIpc) is 3.35. The maximum absolute atomic E-state index is 13.1. The Labute approximate surface area is 178 Å². The monoisotopic (exact) mass is 456 g/mol. The normalized spacial score (nSPS) is 20.6. The smallest absolute Gasteiger partial charge is 0.361 e. The number of nitrogens with one attached hydrogen (secondary N) is 2. The predicted molar refractivity (Wildman–Crippen MR) is 99.5 cm³/mol. The highest BCUT2D eigenvalue weighted by Gasteiger charge is 2.50. The van der Waals surface area contributed by atoms with E-state index in [-0.39, 0.29) is 31.6 Å². The van der Waals surface area contributed by atoms with Gasteiger partial charge in [0.25, 0.3) is 5.91 Å². The number of nitrogens with zero attached hydrogens (tertiary/aromatic N) is 2. The fourth-order valence-electron chi connectivity index (χ4n) is 3.81. The largest absolute Gasteiger partial charge is 0.417 e. The topological polar surface area (TPSA) is 105 Å². The number of alkyl halides is 3. The number of urea groups is 1. The van der Waals surface area contributed by atoms with Crippen molar-refractivity contribution in [2.45, 2.75) is 44.6 Å². The van der Waals surface area contributed by atoms with Crippen molar-refractivity contribution >= 4 is 29.4 Å². The van der Waals surface area contributed by atoms with Gasteiger partial charge in [-0.1, -0.05) is 16.8 Å². The molecule has 12 heteroatoms. The molecular weight excluding hydrogens is 441 g/mol. The number of imide groups is 1. The number of fused-ring (bicyclic) bond motifs is 1. The summed E-state index contributed by atoms with van der Waals surface area (Å²) in [6, 6.07) is 2.94. The van der Waals surface area contributed by atoms with Crippen LogP contribution >= 0.6 is 11.6 Å². The number of rotatable bonds is 4. The Hall–Kier alpha value is -3.08. The average molecular weight is 457 g/mol. The van der Waals surface area contributed by atoms with Gasteiger partial charge >= 0.3 is 12.2 Å². The van der Waals surface area contributed by atoms with Gasteiger partial charge in [0.1, 0.15) is 11.5 Å². The number of hydrogen-bond acceptors (Lipinski definition) is 5. The summed E-state index contributed by atoms with van der Waals surface area (Å²) in [7, 11) is 0. The Balaban J connectivity index is 1.50. The van der Waals surface area contributed by atoms with E-state index in [1.165, 1.54) is 17.0 Å². The first-order chi connectivity index (χ1) is 14.5. The van der Waals surface area contributed by atoms with Crippen LogP contribution in [-0.4, -0.2) is 27.9 Å². The van der Waals surface area contributed by atoms with Gasteiger partial charge in [-0.3, -0.25) is 14.9 Å². The van der Waals surface area contributed by atoms with Gasteiger partial charge in [0.2, 0.25) is 5.91 Å². The molecule has 2 N–H and O–H groups in total. The summed E-state index contributed by atoms with van der Waals surface area (Å²) in [4.78, 5) is 38.4. The molecular formula is C19H16ClF3N4O4. The highest BCUT2D eigenvalue weighted by atomic mass is 35.5. The Morgan fingerprint density at radius 3 is 2.48 bits per heavy atom. The van der Waals surface area contributed by atoms with Crippen molar-refractivity contribution in [2.75, 3.05) is 0 Å². The van der Waals surface area contributed by atoms with Gasteiger partial charge in [-0.15, -0.1) is 0 Å². The van der Waals surface area contributed by atoms with Gasteiger partial charge in [0, 0.05) is 25.6 Å². The highest BCUT2D eigenvalue weighted by molar-refractivity contribution is 6.31. The minimum Gasteiger partial charge on any atom is -0.361 e. The van der Waals surface area contributed by atoms with Gasteiger partial charge in [-0.25, -0.2) is 4.79 Å². The minimum atomic E-state index is -4.60. The van der Waals surface area contributed by atoms with E-state index >= 15 is 0 Å². The van der Waals surface area contributed by atoms with Crippen LogP contribution in [0.3, 0.4) is 0 Å². The lowest BCUT2D eigenvalue weighted by molar-refractivity contribution is -0.137. The van der Waals surface area contributed by atoms with E-state index in [0.29, 0.717) is 16.9 Å². The minimum absolute atomic E-state index is 0.0109. The molecule has 1 unspecified atom stereocenters. The van der Waals surface area contributed by atoms with Crippen LogP contribution in [0.5, 0.6) is 0 Å². The zero-order valence-electron chi connectivity index (χ0n) is 16.1. The first kappa shape index (κ1) is 21.2. The Bertz CT molecular complexity index is 1100. The van der Waals surface area contributed by atoms with Crippen LogP contribution in [0.2, 0.25) is 5.02 Å². The summed E-state index contributed by atoms with van der Waals surface area (Å²) in [5.41, 5.74) is -1.47. The van der Waals surface area contributed by atoms with Gasteiger partial charge in [-0.05, 0) is 36.6 Å². The maximum atomic E-state index is 13.1. The number of carbonyl (C=O) groups is 3. The summed E-state index contributed by atoms with van der Waals surface area (Å²) in [6.45, 7) is 1.70. The van der Waals surface area contributed by atoms with E-state index in [2.05, 4.69) is 15.8 Å². The molecule has 2 aliphatic heterocycles. The van der Waals surface area contributed by atoms with Crippen molar-refractivity contribution in [3.63, 3.8) is 0 Å². The molecule has 0 spiro atoms. The zero-order chi connectivity index (χ0) is 22.6. The molecule has 164 valence electrons. The van der Waals surface area contributed by atoms with Crippen molar-refractivity contribution in [1.29, 1.82) is 0 Å². The summed E-state index contributed by atoms with van der Waals surface area (Å²) in [5.74, 6) is -0.638. The maximum Gasteiger partial charge on any atom is 0.417 e. The molecule has 1 saturated heterocycles. The van der Waals surface area contributed by atoms with Gasteiger partial charge in [-0.2, -0.15) is 13.2 Å². The Morgan fingerprint density at radius 1 is 1.26 bits per heavy atom. The van der Waals surface area contributed by atoms with Crippen LogP contribution in [0.1, 0.15) is 41.0 Å². The summed E-state index contributed by atoms with van der Waals surface area (Å²) in [5, 5.41) is 8.02. The number of benzene rings is 1. The number of carbonyl (C=O) groups excluding carboxylic acids is 3. The third kappa shape index (κ3) is 3.73. The third-order valence-electron chi connectivity index (χ3n) is 5.39. The lowest BCUT2D eigenvalue weighted by Gasteiger charge is -2.24. The van der Waals surface area contributed by atoms with Crippen molar-refractivity contribution in [3.05, 3.63) is 51.4 Å². The van der Waals surface area contributed by atoms with Crippen molar-refractivity contribution < 1.29 is 32.1 Å². The molecule has 1 fully saturated rings. The Morgan fingerprint density at radius 2 is 1.94 bits per heavy atom. The molecule has 0 aliphatic carbocycles. The van der Waals surface area contributed by atoms with Gasteiger partial charge in [0.15, 0.2) is 5.54 Å². The molecule has 0 radical (unpaired) electrons. The van der Waals surface area contributed by atoms with E-state index in [0.717, 1.165) is 6.07 Å². The van der Waals surface area contributed by atoms with E-state index in [4.69, 9.17) is 16.1 Å². The molecule has 1 aromatic carbocycles. The predicted octanol–water partition coefficient (Wildman–Crippen LogP) is 3.01. The molecule has 8 nitrogen and oxygen atoms in total. The van der Waals surface area contributed by atoms with Crippen LogP contribution in [0, 0.1) is 6.92 Å². The SMILES string of the molecule is Cc1cc(C2(CCC(=O)N3Cc4cc(Cl)c(C(F)(F)F)cc4C3)NC(=O)NC2=O)no1. The lowest BCUT2D eigenvalue weighted by Crippen LogP contribution is -2.45. The first-order valence-electron chi connectivity index (χ1n) is 9.23. The fourth-order valence-corrected chi connectivity index (χ4v) is 4.10. The summed E-state index contributed by atoms with van der Waals surface area (Å²) < 4.78 is 44.3. The van der Waals surface area contributed by atoms with E-state index in [9.17, 15) is 27.6 Å². The molecule has 1 aromatic heterocycles. The van der Waals surface area contributed by atoms with Gasteiger partial charge < -0.3 is 14.7 Å². The van der Waals surface area contributed by atoms with Gasteiger partial charge in [0.05, 0.1) is 10.6 Å². The molecule has 0 saturated carbocycles. The lowest BCUT2D eigenvalue weighted by atomic mass is 9.89. The zero-order valence-corrected chi connectivity index (χ0v) is 16.9. The molecule has 4 rings (SSSR count). The van der Waals surface area contributed by atoms with Crippen LogP contribution in [0.25, 0.3) is 0 Å². The van der Waals surface area contributed by atoms with E-state index < -0.39 is 40.1 Å². The number of halogens is 4. The van der Waals surface area contributed by atoms with Crippen LogP contribution < -0.4 is 10.6 Å². The van der Waals surface area contributed by atoms with Crippen LogP contribution in [0.15, 0.2) is 22.7 Å².